The Morgan fingerprint density at radius 2 is 1.86 bits per heavy atom. The molecule has 1 aromatic carbocycles. The lowest BCUT2D eigenvalue weighted by atomic mass is 10.3. The molecule has 21 heavy (non-hydrogen) atoms. The molecule has 0 aromatic heterocycles. The van der Waals surface area contributed by atoms with E-state index < -0.39 is 35.9 Å². The van der Waals surface area contributed by atoms with Crippen LogP contribution in [-0.2, 0) is 12.6 Å². The van der Waals surface area contributed by atoms with Gasteiger partial charge in [-0.15, -0.1) is 0 Å². The first-order chi connectivity index (χ1) is 9.78. The van der Waals surface area contributed by atoms with Gasteiger partial charge in [0.25, 0.3) is 0 Å². The van der Waals surface area contributed by atoms with Gasteiger partial charge >= 0.3 is 35.9 Å². The van der Waals surface area contributed by atoms with Crippen molar-refractivity contribution in [3.8, 4) is 9.85 Å². The molecular weight excluding hydrogens is 420 g/mol. The first-order valence-electron chi connectivity index (χ1n) is 6.02. The molecule has 3 nitrogen and oxygen atoms in total. The molecular formula is C13H14F3IO3S+. The minimum absolute atomic E-state index is 0.415. The van der Waals surface area contributed by atoms with Gasteiger partial charge in [0.15, 0.2) is 7.50 Å². The summed E-state index contributed by atoms with van der Waals surface area (Å²) >= 11 is -3.23. The van der Waals surface area contributed by atoms with Crippen LogP contribution in [0.4, 0.5) is 13.2 Å². The van der Waals surface area contributed by atoms with Crippen LogP contribution >= 0.6 is 0 Å². The van der Waals surface area contributed by atoms with E-state index in [-0.39, 0.29) is 0 Å². The average Bonchev–Trinajstić information content (AvgIpc) is 2.42. The van der Waals surface area contributed by atoms with E-state index in [1.54, 1.807) is 18.2 Å². The number of unbranched alkanes of at least 4 members (excludes halogenated alkanes) is 2. The van der Waals surface area contributed by atoms with E-state index in [0.717, 1.165) is 12.8 Å². The largest absolute Gasteiger partial charge is 0.526 e. The molecule has 0 aliphatic rings. The maximum Gasteiger partial charge on any atom is 0.526 e. The summed E-state index contributed by atoms with van der Waals surface area (Å²) < 4.78 is 67.0. The number of halogens is 4. The summed E-state index contributed by atoms with van der Waals surface area (Å²) in [6.45, 7) is 1.96. The zero-order valence-electron chi connectivity index (χ0n) is 11.2. The minimum atomic E-state index is -5.62. The average molecular weight is 434 g/mol. The maximum atomic E-state index is 12.4. The molecule has 0 N–H and O–H groups in total. The van der Waals surface area contributed by atoms with Crippen LogP contribution in [0.15, 0.2) is 30.3 Å². The third-order valence-corrected chi connectivity index (χ3v) is 8.25. The molecule has 0 bridgehead atoms. The van der Waals surface area contributed by atoms with Crippen LogP contribution < -0.4 is 20.2 Å². The van der Waals surface area contributed by atoms with Gasteiger partial charge in [0, 0.05) is 6.42 Å². The minimum Gasteiger partial charge on any atom is -0.186 e. The normalized spacial score (nSPS) is 12.0. The molecule has 117 valence electrons. The molecule has 1 rings (SSSR count). The van der Waals surface area contributed by atoms with E-state index in [9.17, 15) is 21.6 Å². The van der Waals surface area contributed by atoms with Gasteiger partial charge in [-0.05, 0) is 27.0 Å². The Kier molecular flexibility index (Phi) is 6.96. The zero-order chi connectivity index (χ0) is 15.9. The van der Waals surface area contributed by atoms with Crippen LogP contribution in [-0.4, -0.2) is 13.9 Å². The Balaban J connectivity index is 3.01. The Labute approximate surface area is 129 Å². The fourth-order valence-corrected chi connectivity index (χ4v) is 6.39. The van der Waals surface area contributed by atoms with Crippen LogP contribution in [0.5, 0.6) is 0 Å². The molecule has 0 saturated carbocycles. The quantitative estimate of drug-likeness (QED) is 0.292. The molecule has 0 fully saturated rings. The molecule has 0 saturated heterocycles. The van der Waals surface area contributed by atoms with Crippen molar-refractivity contribution < 1.29 is 44.3 Å². The van der Waals surface area contributed by atoms with Gasteiger partial charge in [-0.3, -0.25) is 0 Å². The summed E-state index contributed by atoms with van der Waals surface area (Å²) in [6.07, 6.45) is 2.21. The fraction of sp³-hybridized carbons (Fsp3) is 0.385. The monoisotopic (exact) mass is 434 g/mol. The lowest BCUT2D eigenvalue weighted by Crippen LogP contribution is -3.84. The molecule has 0 aliphatic carbocycles. The van der Waals surface area contributed by atoms with Crippen molar-refractivity contribution in [1.29, 1.82) is 0 Å². The van der Waals surface area contributed by atoms with Crippen molar-refractivity contribution in [2.75, 3.05) is 0 Å². The van der Waals surface area contributed by atoms with E-state index in [1.165, 1.54) is 12.1 Å². The first-order valence-corrected chi connectivity index (χ1v) is 10.5. The topological polar surface area (TPSA) is 43.4 Å². The van der Waals surface area contributed by atoms with Crippen molar-refractivity contribution in [1.82, 2.24) is 0 Å². The number of hydrogen-bond acceptors (Lipinski definition) is 3. The van der Waals surface area contributed by atoms with Crippen LogP contribution in [0.2, 0.25) is 0 Å². The van der Waals surface area contributed by atoms with Gasteiger partial charge in [-0.1, -0.05) is 31.5 Å². The lowest BCUT2D eigenvalue weighted by molar-refractivity contribution is -0.989. The molecule has 8 heteroatoms. The predicted molar refractivity (Wildman–Crippen MR) is 68.5 cm³/mol. The van der Waals surface area contributed by atoms with Crippen LogP contribution in [0.3, 0.4) is 0 Å². The Hall–Kier alpha value is -0.790. The SMILES string of the molecule is CCCCC#C[I+](OS(=O)(=O)C(F)(F)F)c1ccccc1. The standard InChI is InChI=1S/C13H14F3IO3S/c1-2-3-4-8-11-17(12-9-6-5-7-10-12)20-21(18,19)13(14,15)16/h5-7,9-10H,2-4H2,1H3/q+1. The van der Waals surface area contributed by atoms with Crippen LogP contribution in [0.1, 0.15) is 26.2 Å². The lowest BCUT2D eigenvalue weighted by Gasteiger charge is -2.04. The van der Waals surface area contributed by atoms with Crippen LogP contribution in [0, 0.1) is 13.4 Å². The molecule has 0 atom stereocenters. The zero-order valence-corrected chi connectivity index (χ0v) is 14.1. The summed E-state index contributed by atoms with van der Waals surface area (Å²) in [6, 6.07) is 7.96. The maximum absolute atomic E-state index is 12.4. The number of rotatable bonds is 5. The van der Waals surface area contributed by atoms with E-state index in [4.69, 9.17) is 0 Å². The van der Waals surface area contributed by atoms with Gasteiger partial charge in [0.05, 0.1) is 0 Å². The molecule has 0 spiro atoms. The highest BCUT2D eigenvalue weighted by atomic mass is 127. The summed E-state index contributed by atoms with van der Waals surface area (Å²) in [5.74, 6) is 2.72. The first kappa shape index (κ1) is 18.3. The van der Waals surface area contributed by atoms with Gasteiger partial charge in [0.1, 0.15) is 0 Å². The highest BCUT2D eigenvalue weighted by molar-refractivity contribution is 7.87. The summed E-state index contributed by atoms with van der Waals surface area (Å²) in [5, 5.41) is 0. The summed E-state index contributed by atoms with van der Waals surface area (Å²) in [5.41, 5.74) is -5.43. The van der Waals surface area contributed by atoms with E-state index in [0.29, 0.717) is 9.99 Å². The van der Waals surface area contributed by atoms with Crippen LogP contribution in [0.25, 0.3) is 0 Å². The second-order valence-corrected chi connectivity index (χ2v) is 9.66. The van der Waals surface area contributed by atoms with E-state index in [2.05, 4.69) is 12.4 Å². The third kappa shape index (κ3) is 5.84. The van der Waals surface area contributed by atoms with Gasteiger partial charge in [-0.25, -0.2) is 0 Å². The van der Waals surface area contributed by atoms with Gasteiger partial charge in [0.2, 0.25) is 0 Å². The van der Waals surface area contributed by atoms with Crippen molar-refractivity contribution in [2.24, 2.45) is 0 Å². The molecule has 0 aliphatic heterocycles. The Bertz CT molecular complexity index is 603. The van der Waals surface area contributed by atoms with Crippen molar-refractivity contribution in [2.45, 2.75) is 31.7 Å². The van der Waals surface area contributed by atoms with Crippen molar-refractivity contribution in [3.05, 3.63) is 33.9 Å². The molecule has 1 aromatic rings. The molecule has 0 unspecified atom stereocenters. The van der Waals surface area contributed by atoms with E-state index >= 15 is 0 Å². The van der Waals surface area contributed by atoms with E-state index in [1.807, 2.05) is 6.92 Å². The number of alkyl halides is 3. The number of benzene rings is 1. The molecule has 0 amide bonds. The highest BCUT2D eigenvalue weighted by Gasteiger charge is 2.53. The molecule has 1 radical (unpaired) electrons. The summed E-state index contributed by atoms with van der Waals surface area (Å²) in [7, 11) is -5.62. The van der Waals surface area contributed by atoms with Crippen molar-refractivity contribution in [3.63, 3.8) is 0 Å². The predicted octanol–water partition coefficient (Wildman–Crippen LogP) is 0.413. The van der Waals surface area contributed by atoms with Crippen molar-refractivity contribution >= 4 is 10.1 Å². The van der Waals surface area contributed by atoms with Gasteiger partial charge < -0.3 is 0 Å². The Morgan fingerprint density at radius 1 is 1.24 bits per heavy atom. The Morgan fingerprint density at radius 3 is 2.38 bits per heavy atom. The number of hydrogen-bond donors (Lipinski definition) is 0. The summed E-state index contributed by atoms with van der Waals surface area (Å²) in [4.78, 5) is 0. The second kappa shape index (κ2) is 8.00. The fourth-order valence-electron chi connectivity index (χ4n) is 1.13. The van der Waals surface area contributed by atoms with Gasteiger partial charge in [-0.2, -0.15) is 21.6 Å². The second-order valence-electron chi connectivity index (χ2n) is 3.88. The third-order valence-electron chi connectivity index (χ3n) is 2.17. The highest BCUT2D eigenvalue weighted by Crippen LogP contribution is 2.22. The molecule has 0 heterocycles. The smallest absolute Gasteiger partial charge is 0.186 e.